The monoisotopic (exact) mass is 360 g/mol. The third kappa shape index (κ3) is 4.76. The van der Waals surface area contributed by atoms with Crippen molar-refractivity contribution in [2.75, 3.05) is 32.8 Å². The van der Waals surface area contributed by atoms with Crippen LogP contribution in [0.5, 0.6) is 0 Å². The lowest BCUT2D eigenvalue weighted by molar-refractivity contribution is -0.137. The fourth-order valence-electron chi connectivity index (χ4n) is 2.60. The van der Waals surface area contributed by atoms with Gasteiger partial charge in [-0.3, -0.25) is 4.90 Å². The molecular weight excluding hydrogens is 343 g/mol. The lowest BCUT2D eigenvalue weighted by Crippen LogP contribution is -2.51. The van der Waals surface area contributed by atoms with Crippen LogP contribution in [-0.2, 0) is 6.18 Å². The summed E-state index contributed by atoms with van der Waals surface area (Å²) in [6, 6.07) is 2.25. The molecule has 1 saturated heterocycles. The molecule has 132 valence electrons. The Kier molecular flexibility index (Phi) is 6.76. The van der Waals surface area contributed by atoms with Crippen LogP contribution in [-0.4, -0.2) is 48.7 Å². The van der Waals surface area contributed by atoms with Crippen molar-refractivity contribution < 1.29 is 27.1 Å². The number of benzene rings is 1. The topological polar surface area (TPSA) is 35.5 Å². The molecule has 23 heavy (non-hydrogen) atoms. The van der Waals surface area contributed by atoms with Crippen molar-refractivity contribution in [2.45, 2.75) is 18.1 Å². The molecule has 1 fully saturated rings. The van der Waals surface area contributed by atoms with Crippen LogP contribution in [0.25, 0.3) is 0 Å². The first-order valence-electron chi connectivity index (χ1n) is 6.86. The van der Waals surface area contributed by atoms with Gasteiger partial charge in [0, 0.05) is 26.2 Å². The molecule has 0 amide bonds. The largest absolute Gasteiger partial charge is 0.416 e. The summed E-state index contributed by atoms with van der Waals surface area (Å²) in [6.45, 7) is 0.336. The second-order valence-electron chi connectivity index (χ2n) is 5.23. The van der Waals surface area contributed by atoms with Gasteiger partial charge in [0.15, 0.2) is 0 Å². The summed E-state index contributed by atoms with van der Waals surface area (Å²) in [7, 11) is 0. The number of hydrogen-bond donors (Lipinski definition) is 2. The molecule has 1 aliphatic rings. The molecule has 2 rings (SSSR count). The number of aliphatic hydroxyl groups excluding tert-OH is 1. The number of aliphatic hydroxyl groups is 1. The third-order valence-corrected chi connectivity index (χ3v) is 3.68. The van der Waals surface area contributed by atoms with Crippen molar-refractivity contribution in [1.29, 1.82) is 0 Å². The molecule has 0 bridgehead atoms. The summed E-state index contributed by atoms with van der Waals surface area (Å²) in [6.07, 6.45) is -4.51. The van der Waals surface area contributed by atoms with Crippen molar-refractivity contribution in [3.8, 4) is 0 Å². The number of nitrogens with zero attached hydrogens (tertiary/aromatic N) is 1. The lowest BCUT2D eigenvalue weighted by Gasteiger charge is -2.38. The molecule has 1 aromatic rings. The van der Waals surface area contributed by atoms with Gasteiger partial charge in [0.25, 0.3) is 5.92 Å². The second-order valence-corrected chi connectivity index (χ2v) is 5.23. The maximum atomic E-state index is 14.1. The minimum atomic E-state index is -4.51. The van der Waals surface area contributed by atoms with Crippen LogP contribution < -0.4 is 5.32 Å². The molecule has 0 spiro atoms. The first-order chi connectivity index (χ1) is 10.3. The van der Waals surface area contributed by atoms with Gasteiger partial charge in [0.05, 0.1) is 5.56 Å². The van der Waals surface area contributed by atoms with E-state index in [9.17, 15) is 22.0 Å². The van der Waals surface area contributed by atoms with Crippen LogP contribution in [0.1, 0.15) is 17.2 Å². The Balaban J connectivity index is 0.00000264. The highest BCUT2D eigenvalue weighted by Crippen LogP contribution is 2.38. The predicted molar refractivity (Wildman–Crippen MR) is 77.9 cm³/mol. The Hall–Kier alpha value is -0.960. The number of hydrogen-bond acceptors (Lipinski definition) is 3. The minimum absolute atomic E-state index is 0. The second kappa shape index (κ2) is 7.74. The molecule has 1 aliphatic heterocycles. The Labute approximate surface area is 136 Å². The van der Waals surface area contributed by atoms with Gasteiger partial charge in [0.2, 0.25) is 0 Å². The van der Waals surface area contributed by atoms with E-state index in [1.165, 1.54) is 4.90 Å². The van der Waals surface area contributed by atoms with Crippen molar-refractivity contribution >= 4 is 12.4 Å². The van der Waals surface area contributed by atoms with E-state index in [-0.39, 0.29) is 18.0 Å². The maximum Gasteiger partial charge on any atom is 0.416 e. The van der Waals surface area contributed by atoms with Crippen LogP contribution in [0.4, 0.5) is 22.0 Å². The fraction of sp³-hybridized carbons (Fsp3) is 0.571. The smallest absolute Gasteiger partial charge is 0.390 e. The molecule has 2 N–H and O–H groups in total. The summed E-state index contributed by atoms with van der Waals surface area (Å²) < 4.78 is 65.9. The van der Waals surface area contributed by atoms with E-state index in [0.29, 0.717) is 26.2 Å². The maximum absolute atomic E-state index is 14.1. The van der Waals surface area contributed by atoms with E-state index >= 15 is 0 Å². The highest BCUT2D eigenvalue weighted by atomic mass is 35.5. The molecule has 1 aromatic carbocycles. The van der Waals surface area contributed by atoms with E-state index < -0.39 is 30.3 Å². The Bertz CT molecular complexity index is 489. The number of piperazine rings is 1. The quantitative estimate of drug-likeness (QED) is 0.810. The number of alkyl halides is 5. The van der Waals surface area contributed by atoms with E-state index in [0.717, 1.165) is 24.3 Å². The summed E-state index contributed by atoms with van der Waals surface area (Å²) >= 11 is 0. The van der Waals surface area contributed by atoms with Gasteiger partial charge < -0.3 is 10.4 Å². The van der Waals surface area contributed by atoms with Gasteiger partial charge in [-0.05, 0) is 17.7 Å². The average molecular weight is 361 g/mol. The van der Waals surface area contributed by atoms with Gasteiger partial charge >= 0.3 is 6.18 Å². The lowest BCUT2D eigenvalue weighted by atomic mass is 9.97. The molecule has 3 nitrogen and oxygen atoms in total. The van der Waals surface area contributed by atoms with Gasteiger partial charge in [0.1, 0.15) is 12.6 Å². The summed E-state index contributed by atoms with van der Waals surface area (Å²) in [4.78, 5) is 1.48. The summed E-state index contributed by atoms with van der Waals surface area (Å²) in [5.41, 5.74) is -0.823. The zero-order valence-electron chi connectivity index (χ0n) is 12.1. The SMILES string of the molecule is Cl.OCC(F)(F)[C@H](c1ccc(C(F)(F)F)cc1)N1CCNCC1. The average Bonchev–Trinajstić information content (AvgIpc) is 2.48. The molecule has 0 aliphatic carbocycles. The van der Waals surface area contributed by atoms with Gasteiger partial charge in [-0.1, -0.05) is 12.1 Å². The van der Waals surface area contributed by atoms with Crippen LogP contribution >= 0.6 is 12.4 Å². The van der Waals surface area contributed by atoms with Crippen molar-refractivity contribution in [2.24, 2.45) is 0 Å². The number of halogens is 6. The zero-order chi connectivity index (χ0) is 16.4. The van der Waals surface area contributed by atoms with Crippen molar-refractivity contribution in [1.82, 2.24) is 10.2 Å². The molecular formula is C14H18ClF5N2O. The van der Waals surface area contributed by atoms with E-state index in [2.05, 4.69) is 5.32 Å². The fourth-order valence-corrected chi connectivity index (χ4v) is 2.60. The molecule has 0 aromatic heterocycles. The minimum Gasteiger partial charge on any atom is -0.390 e. The van der Waals surface area contributed by atoms with Gasteiger partial charge in [-0.2, -0.15) is 13.2 Å². The Morgan fingerprint density at radius 3 is 2.00 bits per heavy atom. The summed E-state index contributed by atoms with van der Waals surface area (Å²) in [5.74, 6) is -3.43. The molecule has 0 saturated carbocycles. The highest BCUT2D eigenvalue weighted by Gasteiger charge is 2.44. The van der Waals surface area contributed by atoms with E-state index in [1.54, 1.807) is 0 Å². The highest BCUT2D eigenvalue weighted by molar-refractivity contribution is 5.85. The zero-order valence-corrected chi connectivity index (χ0v) is 12.9. The van der Waals surface area contributed by atoms with Crippen LogP contribution in [0.2, 0.25) is 0 Å². The molecule has 9 heteroatoms. The first-order valence-corrected chi connectivity index (χ1v) is 6.86. The number of rotatable bonds is 4. The van der Waals surface area contributed by atoms with E-state index in [1.807, 2.05) is 0 Å². The summed E-state index contributed by atoms with van der Waals surface area (Å²) in [5, 5.41) is 12.0. The molecule has 0 radical (unpaired) electrons. The predicted octanol–water partition coefficient (Wildman–Crippen LogP) is 2.70. The molecule has 1 atom stereocenters. The van der Waals surface area contributed by atoms with E-state index in [4.69, 9.17) is 5.11 Å². The molecule has 1 heterocycles. The van der Waals surface area contributed by atoms with Crippen LogP contribution in [0.3, 0.4) is 0 Å². The Morgan fingerprint density at radius 1 is 1.04 bits per heavy atom. The molecule has 0 unspecified atom stereocenters. The first kappa shape index (κ1) is 20.1. The van der Waals surface area contributed by atoms with Gasteiger partial charge in [-0.15, -0.1) is 12.4 Å². The van der Waals surface area contributed by atoms with Crippen molar-refractivity contribution in [3.05, 3.63) is 35.4 Å². The van der Waals surface area contributed by atoms with Crippen LogP contribution in [0.15, 0.2) is 24.3 Å². The third-order valence-electron chi connectivity index (χ3n) is 3.68. The number of nitrogens with one attached hydrogen (secondary N) is 1. The standard InChI is InChI=1S/C14H17F5N2O.ClH/c15-13(16,9-22)12(21-7-5-20-6-8-21)10-1-3-11(4-2-10)14(17,18)19;/h1-4,12,20,22H,5-9H2;1H/t12-;/m0./s1. The normalized spacial score (nSPS) is 18.3. The van der Waals surface area contributed by atoms with Crippen LogP contribution in [0, 0.1) is 0 Å². The van der Waals surface area contributed by atoms with Gasteiger partial charge in [-0.25, -0.2) is 8.78 Å². The van der Waals surface area contributed by atoms with Crippen molar-refractivity contribution in [3.63, 3.8) is 0 Å². The Morgan fingerprint density at radius 2 is 1.57 bits per heavy atom.